The Balaban J connectivity index is 2.93. The van der Waals surface area contributed by atoms with Gasteiger partial charge in [0.15, 0.2) is 0 Å². The predicted octanol–water partition coefficient (Wildman–Crippen LogP) is 5.05. The van der Waals surface area contributed by atoms with Crippen LogP contribution in [0.25, 0.3) is 0 Å². The third-order valence-corrected chi connectivity index (χ3v) is 4.53. The van der Waals surface area contributed by atoms with E-state index in [9.17, 15) is 13.2 Å². The van der Waals surface area contributed by atoms with Gasteiger partial charge in [0.1, 0.15) is 5.69 Å². The SMILES string of the molecule is CC(C)(CC[N+](C)(C)c1cccc(C(F)(F)F)c1)N(Cl)Cl. The molecule has 0 unspecified atom stereocenters. The summed E-state index contributed by atoms with van der Waals surface area (Å²) >= 11 is 11.5. The number of halogens is 5. The molecular formula is C14H20Cl2F3N2+. The molecule has 21 heavy (non-hydrogen) atoms. The van der Waals surface area contributed by atoms with E-state index in [1.165, 1.54) is 12.1 Å². The van der Waals surface area contributed by atoms with Gasteiger partial charge in [-0.05, 0) is 49.5 Å². The number of hydrogen-bond acceptors (Lipinski definition) is 1. The highest BCUT2D eigenvalue weighted by Crippen LogP contribution is 2.33. The summed E-state index contributed by atoms with van der Waals surface area (Å²) in [5.74, 6) is 0. The maximum Gasteiger partial charge on any atom is 0.416 e. The van der Waals surface area contributed by atoms with Crippen LogP contribution in [0.4, 0.5) is 18.9 Å². The van der Waals surface area contributed by atoms with Crippen LogP contribution in [-0.2, 0) is 6.18 Å². The Morgan fingerprint density at radius 2 is 1.71 bits per heavy atom. The normalized spacial score (nSPS) is 13.8. The molecule has 0 N–H and O–H groups in total. The van der Waals surface area contributed by atoms with Gasteiger partial charge in [0.25, 0.3) is 0 Å². The lowest BCUT2D eigenvalue weighted by Gasteiger charge is -2.34. The third kappa shape index (κ3) is 5.02. The molecule has 1 aromatic carbocycles. The Hall–Kier alpha value is -0.490. The zero-order valence-corrected chi connectivity index (χ0v) is 14.0. The molecule has 0 bridgehead atoms. The van der Waals surface area contributed by atoms with Crippen molar-refractivity contribution in [3.8, 4) is 0 Å². The van der Waals surface area contributed by atoms with Crippen molar-refractivity contribution in [1.29, 1.82) is 0 Å². The molecule has 1 rings (SSSR count). The van der Waals surface area contributed by atoms with Gasteiger partial charge < -0.3 is 0 Å². The molecule has 120 valence electrons. The van der Waals surface area contributed by atoms with E-state index >= 15 is 0 Å². The van der Waals surface area contributed by atoms with Crippen molar-refractivity contribution in [3.63, 3.8) is 0 Å². The lowest BCUT2D eigenvalue weighted by atomic mass is 10.0. The zero-order valence-electron chi connectivity index (χ0n) is 12.5. The fourth-order valence-corrected chi connectivity index (χ4v) is 1.99. The first-order valence-corrected chi connectivity index (χ1v) is 7.16. The van der Waals surface area contributed by atoms with Crippen LogP contribution in [0.3, 0.4) is 0 Å². The molecule has 0 aliphatic carbocycles. The molecule has 0 aliphatic heterocycles. The molecule has 0 saturated carbocycles. The van der Waals surface area contributed by atoms with E-state index in [0.717, 1.165) is 10.0 Å². The van der Waals surface area contributed by atoms with Crippen molar-refractivity contribution in [3.05, 3.63) is 29.8 Å². The highest BCUT2D eigenvalue weighted by Gasteiger charge is 2.33. The van der Waals surface area contributed by atoms with Crippen molar-refractivity contribution in [2.24, 2.45) is 0 Å². The van der Waals surface area contributed by atoms with Crippen LogP contribution in [0.2, 0.25) is 0 Å². The first kappa shape index (κ1) is 18.6. The van der Waals surface area contributed by atoms with Gasteiger partial charge in [0.2, 0.25) is 0 Å². The maximum atomic E-state index is 12.8. The largest absolute Gasteiger partial charge is 0.416 e. The predicted molar refractivity (Wildman–Crippen MR) is 82.2 cm³/mol. The topological polar surface area (TPSA) is 3.24 Å². The van der Waals surface area contributed by atoms with Gasteiger partial charge in [-0.3, -0.25) is 4.48 Å². The fourth-order valence-electron chi connectivity index (χ4n) is 1.83. The number of quaternary nitrogens is 1. The number of nitrogens with zero attached hydrogens (tertiary/aromatic N) is 2. The van der Waals surface area contributed by atoms with Crippen LogP contribution in [0.5, 0.6) is 0 Å². The van der Waals surface area contributed by atoms with Gasteiger partial charge in [0.05, 0.1) is 31.7 Å². The van der Waals surface area contributed by atoms with Crippen molar-refractivity contribution >= 4 is 29.2 Å². The Bertz CT molecular complexity index is 485. The van der Waals surface area contributed by atoms with Crippen molar-refractivity contribution in [2.75, 3.05) is 20.6 Å². The Labute approximate surface area is 133 Å². The summed E-state index contributed by atoms with van der Waals surface area (Å²) in [6.45, 7) is 4.35. The van der Waals surface area contributed by atoms with Gasteiger partial charge in [-0.15, -0.1) is 3.94 Å². The van der Waals surface area contributed by atoms with E-state index in [1.807, 2.05) is 27.9 Å². The van der Waals surface area contributed by atoms with Crippen LogP contribution < -0.4 is 4.48 Å². The molecule has 0 spiro atoms. The average Bonchev–Trinajstić information content (AvgIpc) is 2.36. The summed E-state index contributed by atoms with van der Waals surface area (Å²) in [5, 5.41) is 0. The highest BCUT2D eigenvalue weighted by molar-refractivity contribution is 6.34. The smallest absolute Gasteiger partial charge is 0.296 e. The van der Waals surface area contributed by atoms with Crippen LogP contribution in [-0.4, -0.2) is 30.1 Å². The quantitative estimate of drug-likeness (QED) is 0.534. The third-order valence-electron chi connectivity index (χ3n) is 3.61. The van der Waals surface area contributed by atoms with Gasteiger partial charge >= 0.3 is 6.18 Å². The molecule has 0 atom stereocenters. The molecule has 0 amide bonds. The van der Waals surface area contributed by atoms with E-state index < -0.39 is 17.3 Å². The first-order chi connectivity index (χ1) is 9.36. The van der Waals surface area contributed by atoms with E-state index in [1.54, 1.807) is 6.07 Å². The lowest BCUT2D eigenvalue weighted by Crippen LogP contribution is -2.45. The van der Waals surface area contributed by atoms with Gasteiger partial charge in [-0.1, -0.05) is 6.07 Å². The van der Waals surface area contributed by atoms with Gasteiger partial charge in [-0.2, -0.15) is 13.2 Å². The molecule has 1 aromatic rings. The van der Waals surface area contributed by atoms with E-state index in [0.29, 0.717) is 23.1 Å². The summed E-state index contributed by atoms with van der Waals surface area (Å²) in [5.41, 5.74) is -0.501. The second-order valence-corrected chi connectivity index (χ2v) is 7.10. The average molecular weight is 344 g/mol. The van der Waals surface area contributed by atoms with Crippen molar-refractivity contribution in [1.82, 2.24) is 8.42 Å². The molecule has 7 heteroatoms. The van der Waals surface area contributed by atoms with Crippen molar-refractivity contribution < 1.29 is 13.2 Å². The number of alkyl halides is 3. The van der Waals surface area contributed by atoms with Crippen LogP contribution in [0, 0.1) is 0 Å². The Morgan fingerprint density at radius 3 is 2.19 bits per heavy atom. The number of benzene rings is 1. The zero-order chi connectivity index (χ0) is 16.5. The molecule has 0 fully saturated rings. The van der Waals surface area contributed by atoms with E-state index in [2.05, 4.69) is 0 Å². The maximum absolute atomic E-state index is 12.8. The lowest BCUT2D eigenvalue weighted by molar-refractivity contribution is -0.137. The van der Waals surface area contributed by atoms with Crippen LogP contribution >= 0.6 is 23.6 Å². The minimum atomic E-state index is -4.33. The molecular weight excluding hydrogens is 324 g/mol. The second-order valence-electron chi connectivity index (χ2n) is 6.25. The molecule has 0 radical (unpaired) electrons. The van der Waals surface area contributed by atoms with E-state index in [4.69, 9.17) is 23.6 Å². The Morgan fingerprint density at radius 1 is 1.14 bits per heavy atom. The van der Waals surface area contributed by atoms with Gasteiger partial charge in [0, 0.05) is 12.5 Å². The molecule has 0 aliphatic rings. The number of rotatable bonds is 5. The minimum absolute atomic E-state index is 0.314. The van der Waals surface area contributed by atoms with Crippen molar-refractivity contribution in [2.45, 2.75) is 32.0 Å². The summed E-state index contributed by atoms with van der Waals surface area (Å²) < 4.78 is 39.8. The monoisotopic (exact) mass is 343 g/mol. The number of hydrogen-bond donors (Lipinski definition) is 0. The van der Waals surface area contributed by atoms with Crippen LogP contribution in [0.1, 0.15) is 25.8 Å². The molecule has 2 nitrogen and oxygen atoms in total. The second kappa shape index (κ2) is 6.32. The first-order valence-electron chi connectivity index (χ1n) is 6.49. The highest BCUT2D eigenvalue weighted by atomic mass is 35.5. The van der Waals surface area contributed by atoms with Crippen LogP contribution in [0.15, 0.2) is 24.3 Å². The molecule has 0 saturated heterocycles. The Kier molecular flexibility index (Phi) is 5.59. The summed E-state index contributed by atoms with van der Waals surface area (Å²) in [7, 11) is 3.72. The summed E-state index contributed by atoms with van der Waals surface area (Å²) in [4.78, 5) is 0. The summed E-state index contributed by atoms with van der Waals surface area (Å²) in [6.07, 6.45) is -3.71. The standard InChI is InChI=1S/C14H20Cl2F3N2/c1-13(2,20(15)16)8-9-21(3,4)12-7-5-6-11(10-12)14(17,18)19/h5-7,10H,8-9H2,1-4H3/q+1. The fraction of sp³-hybridized carbons (Fsp3) is 0.571. The summed E-state index contributed by atoms with van der Waals surface area (Å²) in [6, 6.07) is 5.39. The van der Waals surface area contributed by atoms with E-state index in [-0.39, 0.29) is 0 Å². The molecule has 0 heterocycles. The van der Waals surface area contributed by atoms with Gasteiger partial charge in [-0.25, -0.2) is 0 Å². The molecule has 0 aromatic heterocycles. The minimum Gasteiger partial charge on any atom is -0.296 e.